The van der Waals surface area contributed by atoms with Crippen molar-refractivity contribution < 1.29 is 0 Å². The fourth-order valence-corrected chi connectivity index (χ4v) is 2.79. The van der Waals surface area contributed by atoms with E-state index < -0.39 is 0 Å². The van der Waals surface area contributed by atoms with Crippen molar-refractivity contribution in [3.05, 3.63) is 35.4 Å². The van der Waals surface area contributed by atoms with Gasteiger partial charge in [-0.2, -0.15) is 0 Å². The summed E-state index contributed by atoms with van der Waals surface area (Å²) in [5.74, 6) is 0. The molecule has 1 unspecified atom stereocenters. The van der Waals surface area contributed by atoms with Crippen molar-refractivity contribution in [2.45, 2.75) is 39.8 Å². The van der Waals surface area contributed by atoms with Crippen LogP contribution in [-0.4, -0.2) is 31.1 Å². The van der Waals surface area contributed by atoms with E-state index in [2.05, 4.69) is 62.3 Å². The Bertz CT molecular complexity index is 381. The summed E-state index contributed by atoms with van der Waals surface area (Å²) in [5, 5.41) is 3.48. The Morgan fingerprint density at radius 3 is 2.56 bits per heavy atom. The first-order valence-corrected chi connectivity index (χ1v) is 6.96. The molecule has 1 atom stereocenters. The molecule has 1 saturated heterocycles. The molecule has 1 aromatic carbocycles. The van der Waals surface area contributed by atoms with Crippen LogP contribution in [0.15, 0.2) is 24.3 Å². The Kier molecular flexibility index (Phi) is 4.08. The zero-order chi connectivity index (χ0) is 13.2. The topological polar surface area (TPSA) is 15.3 Å². The predicted molar refractivity (Wildman–Crippen MR) is 77.7 cm³/mol. The summed E-state index contributed by atoms with van der Waals surface area (Å²) >= 11 is 0. The van der Waals surface area contributed by atoms with E-state index in [1.807, 2.05) is 0 Å². The van der Waals surface area contributed by atoms with Gasteiger partial charge < -0.3 is 5.32 Å². The van der Waals surface area contributed by atoms with Crippen LogP contribution in [0.5, 0.6) is 0 Å². The molecule has 2 rings (SSSR count). The zero-order valence-corrected chi connectivity index (χ0v) is 12.2. The van der Waals surface area contributed by atoms with Crippen LogP contribution >= 0.6 is 0 Å². The van der Waals surface area contributed by atoms with E-state index in [0.29, 0.717) is 11.5 Å². The summed E-state index contributed by atoms with van der Waals surface area (Å²) in [5.41, 5.74) is 3.18. The number of nitrogens with one attached hydrogen (secondary N) is 1. The quantitative estimate of drug-likeness (QED) is 0.882. The number of hydrogen-bond donors (Lipinski definition) is 1. The molecule has 0 aliphatic carbocycles. The van der Waals surface area contributed by atoms with E-state index >= 15 is 0 Å². The molecule has 2 heteroatoms. The molecule has 1 aromatic rings. The van der Waals surface area contributed by atoms with Crippen LogP contribution in [0.1, 0.15) is 31.4 Å². The number of nitrogens with zero attached hydrogens (tertiary/aromatic N) is 1. The molecule has 0 amide bonds. The SMILES string of the molecule is CNC1CN(Cc2ccc(C)cc2)CCC1(C)C. The highest BCUT2D eigenvalue weighted by molar-refractivity contribution is 5.21. The maximum Gasteiger partial charge on any atom is 0.0243 e. The van der Waals surface area contributed by atoms with Gasteiger partial charge in [0.25, 0.3) is 0 Å². The van der Waals surface area contributed by atoms with Crippen molar-refractivity contribution in [1.82, 2.24) is 10.2 Å². The highest BCUT2D eigenvalue weighted by atomic mass is 15.2. The summed E-state index contributed by atoms with van der Waals surface area (Å²) in [7, 11) is 2.09. The molecule has 0 radical (unpaired) electrons. The highest BCUT2D eigenvalue weighted by Crippen LogP contribution is 2.30. The van der Waals surface area contributed by atoms with Crippen LogP contribution < -0.4 is 5.32 Å². The van der Waals surface area contributed by atoms with E-state index in [1.54, 1.807) is 0 Å². The van der Waals surface area contributed by atoms with E-state index in [1.165, 1.54) is 24.1 Å². The molecule has 2 nitrogen and oxygen atoms in total. The molecule has 1 heterocycles. The number of piperidine rings is 1. The first-order valence-electron chi connectivity index (χ1n) is 6.96. The van der Waals surface area contributed by atoms with Crippen LogP contribution in [0.4, 0.5) is 0 Å². The van der Waals surface area contributed by atoms with Crippen molar-refractivity contribution in [1.29, 1.82) is 0 Å². The maximum atomic E-state index is 3.48. The van der Waals surface area contributed by atoms with Crippen LogP contribution in [-0.2, 0) is 6.54 Å². The molecule has 1 N–H and O–H groups in total. The number of likely N-dealkylation sites (tertiary alicyclic amines) is 1. The number of hydrogen-bond acceptors (Lipinski definition) is 2. The fraction of sp³-hybridized carbons (Fsp3) is 0.625. The summed E-state index contributed by atoms with van der Waals surface area (Å²) in [6.07, 6.45) is 1.27. The van der Waals surface area contributed by atoms with Gasteiger partial charge in [-0.05, 0) is 37.9 Å². The molecule has 18 heavy (non-hydrogen) atoms. The van der Waals surface area contributed by atoms with Crippen LogP contribution in [0, 0.1) is 12.3 Å². The van der Waals surface area contributed by atoms with Gasteiger partial charge in [0.2, 0.25) is 0 Å². The molecule has 100 valence electrons. The summed E-state index contributed by atoms with van der Waals surface area (Å²) in [4.78, 5) is 2.57. The fourth-order valence-electron chi connectivity index (χ4n) is 2.79. The van der Waals surface area contributed by atoms with Gasteiger partial charge in [-0.3, -0.25) is 4.90 Å². The second-order valence-corrected chi connectivity index (χ2v) is 6.30. The third-order valence-electron chi connectivity index (χ3n) is 4.33. The number of rotatable bonds is 3. The molecule has 1 aliphatic rings. The van der Waals surface area contributed by atoms with Gasteiger partial charge in [0.15, 0.2) is 0 Å². The van der Waals surface area contributed by atoms with Gasteiger partial charge in [0, 0.05) is 19.1 Å². The van der Waals surface area contributed by atoms with Crippen LogP contribution in [0.2, 0.25) is 0 Å². The van der Waals surface area contributed by atoms with Crippen molar-refractivity contribution in [3.8, 4) is 0 Å². The molecule has 1 aliphatic heterocycles. The van der Waals surface area contributed by atoms with E-state index in [9.17, 15) is 0 Å². The Balaban J connectivity index is 1.97. The lowest BCUT2D eigenvalue weighted by molar-refractivity contribution is 0.0850. The van der Waals surface area contributed by atoms with Gasteiger partial charge in [0.05, 0.1) is 0 Å². The smallest absolute Gasteiger partial charge is 0.0243 e. The average molecular weight is 246 g/mol. The minimum Gasteiger partial charge on any atom is -0.315 e. The second-order valence-electron chi connectivity index (χ2n) is 6.30. The van der Waals surface area contributed by atoms with Gasteiger partial charge in [-0.15, -0.1) is 0 Å². The minimum atomic E-state index is 0.415. The first-order chi connectivity index (χ1) is 8.51. The molecular weight excluding hydrogens is 220 g/mol. The molecule has 0 bridgehead atoms. The zero-order valence-electron chi connectivity index (χ0n) is 12.2. The lowest BCUT2D eigenvalue weighted by Crippen LogP contribution is -2.53. The van der Waals surface area contributed by atoms with Gasteiger partial charge >= 0.3 is 0 Å². The molecule has 1 fully saturated rings. The number of benzene rings is 1. The summed E-state index contributed by atoms with van der Waals surface area (Å²) in [6, 6.07) is 9.52. The third kappa shape index (κ3) is 3.12. The second kappa shape index (κ2) is 5.41. The van der Waals surface area contributed by atoms with Crippen molar-refractivity contribution in [3.63, 3.8) is 0 Å². The largest absolute Gasteiger partial charge is 0.315 e. The average Bonchev–Trinajstić information content (AvgIpc) is 2.34. The number of likely N-dealkylation sites (N-methyl/N-ethyl adjacent to an activating group) is 1. The monoisotopic (exact) mass is 246 g/mol. The Morgan fingerprint density at radius 1 is 1.28 bits per heavy atom. The minimum absolute atomic E-state index is 0.415. The van der Waals surface area contributed by atoms with E-state index in [-0.39, 0.29) is 0 Å². The Morgan fingerprint density at radius 2 is 1.94 bits per heavy atom. The van der Waals surface area contributed by atoms with Crippen LogP contribution in [0.3, 0.4) is 0 Å². The first kappa shape index (κ1) is 13.6. The molecule has 0 aromatic heterocycles. The van der Waals surface area contributed by atoms with Crippen molar-refractivity contribution in [2.24, 2.45) is 5.41 Å². The van der Waals surface area contributed by atoms with Gasteiger partial charge in [-0.1, -0.05) is 43.7 Å². The van der Waals surface area contributed by atoms with E-state index in [4.69, 9.17) is 0 Å². The standard InChI is InChI=1S/C16H26N2/c1-13-5-7-14(8-6-13)11-18-10-9-16(2,3)15(12-18)17-4/h5-8,15,17H,9-12H2,1-4H3. The summed E-state index contributed by atoms with van der Waals surface area (Å²) in [6.45, 7) is 10.3. The predicted octanol–water partition coefficient (Wildman–Crippen LogP) is 2.81. The highest BCUT2D eigenvalue weighted by Gasteiger charge is 2.34. The molecule has 0 spiro atoms. The Hall–Kier alpha value is -0.860. The maximum absolute atomic E-state index is 3.48. The third-order valence-corrected chi connectivity index (χ3v) is 4.33. The van der Waals surface area contributed by atoms with Crippen molar-refractivity contribution in [2.75, 3.05) is 20.1 Å². The van der Waals surface area contributed by atoms with Crippen molar-refractivity contribution >= 4 is 0 Å². The van der Waals surface area contributed by atoms with Gasteiger partial charge in [-0.25, -0.2) is 0 Å². The number of aryl methyl sites for hydroxylation is 1. The van der Waals surface area contributed by atoms with E-state index in [0.717, 1.165) is 13.1 Å². The Labute approximate surface area is 111 Å². The van der Waals surface area contributed by atoms with Crippen LogP contribution in [0.25, 0.3) is 0 Å². The lowest BCUT2D eigenvalue weighted by Gasteiger charge is -2.44. The molecule has 0 saturated carbocycles. The molecular formula is C16H26N2. The van der Waals surface area contributed by atoms with Gasteiger partial charge in [0.1, 0.15) is 0 Å². The normalized spacial score (nSPS) is 24.1. The summed E-state index contributed by atoms with van der Waals surface area (Å²) < 4.78 is 0. The lowest BCUT2D eigenvalue weighted by atomic mass is 9.78.